The number of fused-ring (bicyclic) bond motifs is 8. The molecule has 4 aliphatic heterocycles. The second kappa shape index (κ2) is 21.3. The van der Waals surface area contributed by atoms with Crippen molar-refractivity contribution >= 4 is 62.2 Å². The average molecular weight is 980 g/mol. The summed E-state index contributed by atoms with van der Waals surface area (Å²) in [5.74, 6) is 2.00. The summed E-state index contributed by atoms with van der Waals surface area (Å²) in [6.45, 7) is 10.9. The van der Waals surface area contributed by atoms with Gasteiger partial charge >= 0.3 is 0 Å². The van der Waals surface area contributed by atoms with Crippen molar-refractivity contribution in [1.29, 1.82) is 0 Å². The maximum atomic E-state index is 14.1. The molecule has 0 aliphatic carbocycles. The second-order valence-corrected chi connectivity index (χ2v) is 23.4. The van der Waals surface area contributed by atoms with Crippen LogP contribution in [0.25, 0.3) is 0 Å². The van der Waals surface area contributed by atoms with Crippen LogP contribution in [0.1, 0.15) is 139 Å². The number of para-hydroxylation sites is 2. The average Bonchev–Trinajstić information content (AvgIpc) is 3.84. The number of amides is 3. The zero-order chi connectivity index (χ0) is 49.1. The van der Waals surface area contributed by atoms with Gasteiger partial charge in [0.25, 0.3) is 11.8 Å². The number of ether oxygens (including phenoxy) is 3. The first kappa shape index (κ1) is 49.3. The normalized spacial score (nSPS) is 17.3. The highest BCUT2D eigenvalue weighted by Gasteiger charge is 2.39. The molecule has 4 heterocycles. The van der Waals surface area contributed by atoms with E-state index in [2.05, 4.69) is 44.3 Å². The highest BCUT2D eigenvalue weighted by atomic mass is 33.1. The predicted octanol–water partition coefficient (Wildman–Crippen LogP) is 12.6. The highest BCUT2D eigenvalue weighted by molar-refractivity contribution is 8.77. The van der Waals surface area contributed by atoms with Crippen molar-refractivity contribution < 1.29 is 33.4 Å². The molecule has 10 nitrogen and oxygen atoms in total. The van der Waals surface area contributed by atoms with Gasteiger partial charge in [0, 0.05) is 69.5 Å². The fraction of sp³-hybridized carbons (Fsp3) is 0.414. The number of nitrogens with one attached hydrogen (secondary N) is 1. The van der Waals surface area contributed by atoms with E-state index in [9.17, 15) is 19.2 Å². The van der Waals surface area contributed by atoms with Crippen molar-refractivity contribution in [2.45, 2.75) is 147 Å². The minimum Gasteiger partial charge on any atom is -0.493 e. The number of hydrogen-bond donors (Lipinski definition) is 1. The molecule has 0 aromatic heterocycles. The summed E-state index contributed by atoms with van der Waals surface area (Å²) < 4.78 is 18.9. The quantitative estimate of drug-likeness (QED) is 0.0808. The predicted molar refractivity (Wildman–Crippen MR) is 283 cm³/mol. The first-order chi connectivity index (χ1) is 33.8. The Bertz CT molecular complexity index is 2810. The molecular weight excluding hydrogens is 915 g/mol. The van der Waals surface area contributed by atoms with Crippen molar-refractivity contribution in [2.75, 3.05) is 22.2 Å². The smallest absolute Gasteiger partial charge is 0.258 e. The van der Waals surface area contributed by atoms with E-state index in [1.807, 2.05) is 96.4 Å². The molecule has 3 atom stereocenters. The molecule has 4 aliphatic rings. The van der Waals surface area contributed by atoms with Gasteiger partial charge in [-0.15, -0.1) is 0 Å². The Morgan fingerprint density at radius 3 is 1.90 bits per heavy atom. The first-order valence-electron chi connectivity index (χ1n) is 25.0. The Morgan fingerprint density at radius 1 is 0.729 bits per heavy atom. The van der Waals surface area contributed by atoms with Crippen LogP contribution in [0.15, 0.2) is 91.0 Å². The summed E-state index contributed by atoms with van der Waals surface area (Å²) in [5, 5.41) is 3.52. The van der Waals surface area contributed by atoms with Gasteiger partial charge < -0.3 is 29.3 Å². The van der Waals surface area contributed by atoms with Crippen LogP contribution in [-0.2, 0) is 48.5 Å². The first-order valence-corrected chi connectivity index (χ1v) is 27.2. The number of ketones is 1. The number of methoxy groups -OCH3 is 1. The molecule has 12 heteroatoms. The van der Waals surface area contributed by atoms with Gasteiger partial charge in [-0.3, -0.25) is 19.2 Å². The summed E-state index contributed by atoms with van der Waals surface area (Å²) in [7, 11) is 5.16. The van der Waals surface area contributed by atoms with Crippen molar-refractivity contribution in [1.82, 2.24) is 0 Å². The van der Waals surface area contributed by atoms with E-state index in [1.165, 1.54) is 11.1 Å². The molecule has 3 amide bonds. The molecule has 0 spiro atoms. The maximum Gasteiger partial charge on any atom is 0.258 e. The second-order valence-electron chi connectivity index (χ2n) is 20.1. The minimum absolute atomic E-state index is 0.0198. The van der Waals surface area contributed by atoms with Crippen LogP contribution in [0.2, 0.25) is 0 Å². The standard InChI is InChI=1S/C58H65N3O7S2/c1-7-12-47(62)22-17-37(3)69-70-58(4,5)24-23-55(63)59-44-27-38(34-67-52-31-40-18-20-45-29-42-13-8-10-15-50(42)60(45)56(64)48(40)25-36(52)2)26-39(28-44)35-68-54-32-41-19-21-46-30-43-14-9-11-16-51(43)61(46)57(65)49(41)33-53(54)66-6/h8-11,13-16,25-28,31-33,37,45-46H,7,12,17-24,29-30,34-35H2,1-6H3,(H,59,63)/t37?,45-,46-/m1/s1. The lowest BCUT2D eigenvalue weighted by Gasteiger charge is -2.24. The van der Waals surface area contributed by atoms with E-state index in [4.69, 9.17) is 14.2 Å². The van der Waals surface area contributed by atoms with Gasteiger partial charge in [-0.1, -0.05) is 71.8 Å². The third-order valence-electron chi connectivity index (χ3n) is 14.2. The van der Waals surface area contributed by atoms with Crippen LogP contribution < -0.4 is 29.3 Å². The van der Waals surface area contributed by atoms with E-state index < -0.39 is 0 Å². The van der Waals surface area contributed by atoms with E-state index in [0.29, 0.717) is 65.2 Å². The number of benzene rings is 5. The van der Waals surface area contributed by atoms with Gasteiger partial charge in [-0.25, -0.2) is 0 Å². The van der Waals surface area contributed by atoms with Crippen LogP contribution in [-0.4, -0.2) is 52.7 Å². The largest absolute Gasteiger partial charge is 0.493 e. The fourth-order valence-corrected chi connectivity index (χ4v) is 13.1. The topological polar surface area (TPSA) is 114 Å². The molecular formula is C58H65N3O7S2. The van der Waals surface area contributed by atoms with E-state index in [-0.39, 0.29) is 47.8 Å². The van der Waals surface area contributed by atoms with Crippen molar-refractivity contribution in [3.05, 3.63) is 141 Å². The van der Waals surface area contributed by atoms with Gasteiger partial charge in [0.1, 0.15) is 24.7 Å². The summed E-state index contributed by atoms with van der Waals surface area (Å²) >= 11 is 0. The van der Waals surface area contributed by atoms with Crippen molar-refractivity contribution in [2.24, 2.45) is 0 Å². The van der Waals surface area contributed by atoms with Crippen LogP contribution in [0.3, 0.4) is 0 Å². The molecule has 1 unspecified atom stereocenters. The number of nitrogens with zero attached hydrogens (tertiary/aromatic N) is 2. The van der Waals surface area contributed by atoms with Crippen molar-refractivity contribution in [3.8, 4) is 17.2 Å². The summed E-state index contributed by atoms with van der Waals surface area (Å²) in [4.78, 5) is 58.0. The third-order valence-corrected chi connectivity index (χ3v) is 18.1. The number of carbonyl (C=O) groups is 4. The molecule has 5 aromatic rings. The molecule has 5 aromatic carbocycles. The van der Waals surface area contributed by atoms with Gasteiger partial charge in [-0.05, 0) is 172 Å². The van der Waals surface area contributed by atoms with Crippen LogP contribution in [0, 0.1) is 6.92 Å². The van der Waals surface area contributed by atoms with E-state index in [1.54, 1.807) is 28.7 Å². The van der Waals surface area contributed by atoms with Crippen molar-refractivity contribution in [3.63, 3.8) is 0 Å². The molecule has 0 radical (unpaired) electrons. The lowest BCUT2D eigenvalue weighted by atomic mass is 9.98. The molecule has 366 valence electrons. The Labute approximate surface area is 421 Å². The lowest BCUT2D eigenvalue weighted by molar-refractivity contribution is -0.119. The zero-order valence-corrected chi connectivity index (χ0v) is 43.0. The summed E-state index contributed by atoms with van der Waals surface area (Å²) in [6.07, 6.45) is 8.93. The number of Topliss-reactive ketones (excluding diaryl/α,β-unsaturated/α-hetero) is 1. The Hall–Kier alpha value is -5.72. The molecule has 0 fully saturated rings. The van der Waals surface area contributed by atoms with Gasteiger partial charge in [0.05, 0.1) is 7.11 Å². The maximum absolute atomic E-state index is 14.1. The Kier molecular flexibility index (Phi) is 15.0. The van der Waals surface area contributed by atoms with Crippen LogP contribution in [0.4, 0.5) is 17.1 Å². The third kappa shape index (κ3) is 10.9. The van der Waals surface area contributed by atoms with Gasteiger partial charge in [0.15, 0.2) is 11.5 Å². The Morgan fingerprint density at radius 2 is 1.30 bits per heavy atom. The monoisotopic (exact) mass is 979 g/mol. The fourth-order valence-electron chi connectivity index (χ4n) is 10.4. The molecule has 0 saturated heterocycles. The van der Waals surface area contributed by atoms with E-state index >= 15 is 0 Å². The number of anilines is 3. The van der Waals surface area contributed by atoms with Gasteiger partial charge in [0.2, 0.25) is 5.91 Å². The SMILES string of the molecule is CCCC(=O)CCC(C)SSC(C)(C)CCC(=O)Nc1cc(COc2cc3c(cc2C)C(=O)N2c4ccccc4C[C@H]2CC3)cc(COc2cc3c(cc2OC)C(=O)N2c4ccccc4C[C@H]2CC3)c1. The van der Waals surface area contributed by atoms with Crippen LogP contribution >= 0.6 is 21.6 Å². The zero-order valence-electron chi connectivity index (χ0n) is 41.4. The summed E-state index contributed by atoms with van der Waals surface area (Å²) in [5.41, 5.74) is 10.9. The van der Waals surface area contributed by atoms with E-state index in [0.717, 1.165) is 96.1 Å². The number of rotatable bonds is 19. The summed E-state index contributed by atoms with van der Waals surface area (Å²) in [6, 6.07) is 30.3. The molecule has 0 saturated carbocycles. The number of carbonyl (C=O) groups excluding carboxylic acids is 4. The van der Waals surface area contributed by atoms with Crippen LogP contribution in [0.5, 0.6) is 17.2 Å². The molecule has 70 heavy (non-hydrogen) atoms. The number of hydrogen-bond acceptors (Lipinski definition) is 9. The molecule has 9 rings (SSSR count). The highest BCUT2D eigenvalue weighted by Crippen LogP contribution is 2.44. The van der Waals surface area contributed by atoms with Gasteiger partial charge in [-0.2, -0.15) is 0 Å². The lowest BCUT2D eigenvalue weighted by Crippen LogP contribution is -2.36. The molecule has 0 bridgehead atoms. The molecule has 1 N–H and O–H groups in total. The number of aryl methyl sites for hydroxylation is 3. The minimum atomic E-state index is -0.159. The Balaban J connectivity index is 0.916.